The van der Waals surface area contributed by atoms with Gasteiger partial charge in [0.15, 0.2) is 5.78 Å². The molecule has 16 heavy (non-hydrogen) atoms. The molecule has 2 atom stereocenters. The Morgan fingerprint density at radius 2 is 2.12 bits per heavy atom. The first-order valence-corrected chi connectivity index (χ1v) is 6.05. The second-order valence-electron chi connectivity index (χ2n) is 5.24. The van der Waals surface area contributed by atoms with Gasteiger partial charge in [-0.1, -0.05) is 5.57 Å². The largest absolute Gasteiger partial charge is 0.464 e. The van der Waals surface area contributed by atoms with E-state index in [9.17, 15) is 9.59 Å². The van der Waals surface area contributed by atoms with E-state index < -0.39 is 0 Å². The van der Waals surface area contributed by atoms with Crippen LogP contribution < -0.4 is 0 Å². The highest BCUT2D eigenvalue weighted by Crippen LogP contribution is 2.55. The van der Waals surface area contributed by atoms with Crippen molar-refractivity contribution in [1.29, 1.82) is 0 Å². The van der Waals surface area contributed by atoms with Crippen molar-refractivity contribution < 1.29 is 14.3 Å². The van der Waals surface area contributed by atoms with Crippen molar-refractivity contribution >= 4 is 11.8 Å². The van der Waals surface area contributed by atoms with Gasteiger partial charge in [-0.25, -0.2) is 0 Å². The molecule has 3 nitrogen and oxygen atoms in total. The number of Topliss-reactive ketones (excluding diaryl/α,β-unsaturated/α-hetero) is 1. The first-order chi connectivity index (χ1) is 7.65. The van der Waals surface area contributed by atoms with Crippen molar-refractivity contribution in [3.05, 3.63) is 11.1 Å². The zero-order valence-corrected chi connectivity index (χ0v) is 9.54. The van der Waals surface area contributed by atoms with Crippen LogP contribution in [0.4, 0.5) is 0 Å². The summed E-state index contributed by atoms with van der Waals surface area (Å²) in [5.74, 6) is 0.249. The molecular weight excluding hydrogens is 204 g/mol. The number of hydrogen-bond donors (Lipinski definition) is 0. The molecule has 1 saturated carbocycles. The minimum absolute atomic E-state index is 0.0271. The highest BCUT2D eigenvalue weighted by molar-refractivity contribution is 5.97. The summed E-state index contributed by atoms with van der Waals surface area (Å²) in [4.78, 5) is 23.4. The fraction of sp³-hybridized carbons (Fsp3) is 0.692. The summed E-state index contributed by atoms with van der Waals surface area (Å²) < 4.78 is 5.26. The van der Waals surface area contributed by atoms with E-state index in [2.05, 4.69) is 0 Å². The fourth-order valence-electron chi connectivity index (χ4n) is 3.70. The van der Waals surface area contributed by atoms with Gasteiger partial charge in [-0.2, -0.15) is 0 Å². The van der Waals surface area contributed by atoms with Gasteiger partial charge in [0.25, 0.3) is 0 Å². The molecule has 1 spiro atoms. The fourth-order valence-corrected chi connectivity index (χ4v) is 3.70. The van der Waals surface area contributed by atoms with Crippen molar-refractivity contribution in [2.75, 3.05) is 6.61 Å². The first-order valence-electron chi connectivity index (χ1n) is 6.05. The maximum Gasteiger partial charge on any atom is 0.309 e. The number of carbonyl (C=O) groups excluding carboxylic acids is 2. The van der Waals surface area contributed by atoms with Crippen LogP contribution in [0.3, 0.4) is 0 Å². The Balaban J connectivity index is 2.12. The van der Waals surface area contributed by atoms with Crippen molar-refractivity contribution in [2.45, 2.75) is 39.0 Å². The van der Waals surface area contributed by atoms with Crippen LogP contribution in [0.15, 0.2) is 11.1 Å². The summed E-state index contributed by atoms with van der Waals surface area (Å²) in [6.07, 6.45) is 4.33. The van der Waals surface area contributed by atoms with Crippen LogP contribution in [-0.2, 0) is 14.3 Å². The SMILES string of the molecule is CC1=C2CCC[C@H]3C(=O)OC[C@]23CCC1=O. The lowest BCUT2D eigenvalue weighted by atomic mass is 9.59. The molecule has 3 rings (SSSR count). The molecule has 1 aliphatic heterocycles. The van der Waals surface area contributed by atoms with Gasteiger partial charge in [0.2, 0.25) is 0 Å². The molecule has 2 aliphatic carbocycles. The molecule has 0 aromatic carbocycles. The summed E-state index contributed by atoms with van der Waals surface area (Å²) in [6, 6.07) is 0. The van der Waals surface area contributed by atoms with Crippen LogP contribution in [0, 0.1) is 11.3 Å². The Morgan fingerprint density at radius 1 is 1.31 bits per heavy atom. The lowest BCUT2D eigenvalue weighted by Crippen LogP contribution is -2.40. The van der Waals surface area contributed by atoms with Gasteiger partial charge in [0, 0.05) is 11.8 Å². The van der Waals surface area contributed by atoms with Gasteiger partial charge in [0.1, 0.15) is 6.61 Å². The van der Waals surface area contributed by atoms with E-state index in [0.717, 1.165) is 31.3 Å². The number of ether oxygens (including phenoxy) is 1. The molecule has 3 aliphatic rings. The molecule has 2 fully saturated rings. The summed E-state index contributed by atoms with van der Waals surface area (Å²) in [7, 11) is 0. The monoisotopic (exact) mass is 220 g/mol. The zero-order chi connectivity index (χ0) is 11.3. The number of cyclic esters (lactones) is 1. The number of carbonyl (C=O) groups is 2. The first kappa shape index (κ1) is 10.1. The van der Waals surface area contributed by atoms with Gasteiger partial charge in [0.05, 0.1) is 5.92 Å². The lowest BCUT2D eigenvalue weighted by Gasteiger charge is -2.42. The normalized spacial score (nSPS) is 38.2. The highest BCUT2D eigenvalue weighted by Gasteiger charge is 2.55. The Morgan fingerprint density at radius 3 is 2.94 bits per heavy atom. The van der Waals surface area contributed by atoms with Gasteiger partial charge in [-0.05, 0) is 38.2 Å². The number of rotatable bonds is 0. The molecule has 0 aromatic rings. The molecule has 86 valence electrons. The molecule has 0 aromatic heterocycles. The summed E-state index contributed by atoms with van der Waals surface area (Å²) in [6.45, 7) is 2.43. The standard InChI is InChI=1S/C13H16O3/c1-8-9-3-2-4-10-12(15)16-7-13(9,10)6-5-11(8)14/h10H,2-7H2,1H3/t10-,13+/m0/s1. The lowest BCUT2D eigenvalue weighted by molar-refractivity contribution is -0.141. The quantitative estimate of drug-likeness (QED) is 0.586. The number of ketones is 1. The maximum atomic E-state index is 11.7. The van der Waals surface area contributed by atoms with E-state index in [1.165, 1.54) is 5.57 Å². The molecule has 1 saturated heterocycles. The van der Waals surface area contributed by atoms with Crippen LogP contribution in [0.5, 0.6) is 0 Å². The minimum Gasteiger partial charge on any atom is -0.464 e. The molecule has 0 unspecified atom stereocenters. The molecular formula is C13H16O3. The molecule has 3 heteroatoms. The number of hydrogen-bond acceptors (Lipinski definition) is 3. The van der Waals surface area contributed by atoms with Crippen LogP contribution >= 0.6 is 0 Å². The van der Waals surface area contributed by atoms with Crippen LogP contribution in [0.2, 0.25) is 0 Å². The average molecular weight is 220 g/mol. The summed E-state index contributed by atoms with van der Waals surface area (Å²) in [5, 5.41) is 0. The van der Waals surface area contributed by atoms with E-state index in [0.29, 0.717) is 13.0 Å². The van der Waals surface area contributed by atoms with Gasteiger partial charge >= 0.3 is 5.97 Å². The second-order valence-corrected chi connectivity index (χ2v) is 5.24. The van der Waals surface area contributed by atoms with Crippen molar-refractivity contribution in [3.8, 4) is 0 Å². The smallest absolute Gasteiger partial charge is 0.309 e. The Kier molecular flexibility index (Phi) is 2.00. The Labute approximate surface area is 94.8 Å². The molecule has 0 amide bonds. The van der Waals surface area contributed by atoms with E-state index >= 15 is 0 Å². The molecule has 0 radical (unpaired) electrons. The maximum absolute atomic E-state index is 11.7. The van der Waals surface area contributed by atoms with Crippen molar-refractivity contribution in [3.63, 3.8) is 0 Å². The van der Waals surface area contributed by atoms with E-state index in [-0.39, 0.29) is 23.1 Å². The zero-order valence-electron chi connectivity index (χ0n) is 9.54. The van der Waals surface area contributed by atoms with Gasteiger partial charge in [-0.3, -0.25) is 9.59 Å². The number of esters is 1. The third kappa shape index (κ3) is 1.09. The second kappa shape index (κ2) is 3.19. The van der Waals surface area contributed by atoms with E-state index in [1.54, 1.807) is 0 Å². The third-order valence-electron chi connectivity index (χ3n) is 4.61. The topological polar surface area (TPSA) is 43.4 Å². The van der Waals surface area contributed by atoms with Crippen molar-refractivity contribution in [1.82, 2.24) is 0 Å². The van der Waals surface area contributed by atoms with Crippen LogP contribution in [0.1, 0.15) is 39.0 Å². The average Bonchev–Trinajstić information content (AvgIpc) is 2.62. The predicted molar refractivity (Wildman–Crippen MR) is 57.7 cm³/mol. The predicted octanol–water partition coefficient (Wildman–Crippen LogP) is 2.01. The minimum atomic E-state index is -0.104. The Bertz CT molecular complexity index is 407. The van der Waals surface area contributed by atoms with E-state index in [1.807, 2.05) is 6.92 Å². The van der Waals surface area contributed by atoms with Crippen molar-refractivity contribution in [2.24, 2.45) is 11.3 Å². The van der Waals surface area contributed by atoms with Crippen LogP contribution in [-0.4, -0.2) is 18.4 Å². The summed E-state index contributed by atoms with van der Waals surface area (Å²) in [5.41, 5.74) is 2.04. The number of allylic oxidation sites excluding steroid dienone is 1. The summed E-state index contributed by atoms with van der Waals surface area (Å²) >= 11 is 0. The van der Waals surface area contributed by atoms with Gasteiger partial charge < -0.3 is 4.74 Å². The molecule has 0 bridgehead atoms. The third-order valence-corrected chi connectivity index (χ3v) is 4.61. The Hall–Kier alpha value is -1.12. The molecule has 0 N–H and O–H groups in total. The van der Waals surface area contributed by atoms with E-state index in [4.69, 9.17) is 4.74 Å². The highest BCUT2D eigenvalue weighted by atomic mass is 16.5. The van der Waals surface area contributed by atoms with Crippen LogP contribution in [0.25, 0.3) is 0 Å². The van der Waals surface area contributed by atoms with Gasteiger partial charge in [-0.15, -0.1) is 0 Å². The molecule has 1 heterocycles.